The van der Waals surface area contributed by atoms with Gasteiger partial charge in [-0.2, -0.15) is 0 Å². The Labute approximate surface area is 127 Å². The van der Waals surface area contributed by atoms with Crippen LogP contribution in [0.4, 0.5) is 4.39 Å². The maximum Gasteiger partial charge on any atom is 0.141 e. The van der Waals surface area contributed by atoms with Gasteiger partial charge in [-0.1, -0.05) is 23.7 Å². The standard InChI is InChI=1S/C17H14ClFO2/c18-14-8-12-4-5-21-17(12)13(9-14)10-16(20)7-11-2-1-3-15(19)6-11/h1-3,6,8-9H,4-5,7,10H2. The summed E-state index contributed by atoms with van der Waals surface area (Å²) in [7, 11) is 0. The molecule has 0 radical (unpaired) electrons. The molecule has 0 fully saturated rings. The monoisotopic (exact) mass is 304 g/mol. The van der Waals surface area contributed by atoms with Crippen LogP contribution in [0.25, 0.3) is 0 Å². The first-order valence-corrected chi connectivity index (χ1v) is 7.20. The summed E-state index contributed by atoms with van der Waals surface area (Å²) in [5.41, 5.74) is 2.55. The van der Waals surface area contributed by atoms with Crippen LogP contribution in [0.3, 0.4) is 0 Å². The van der Waals surface area contributed by atoms with Gasteiger partial charge in [-0.05, 0) is 35.4 Å². The first kappa shape index (κ1) is 14.1. The molecule has 3 rings (SSSR count). The molecule has 0 saturated carbocycles. The highest BCUT2D eigenvalue weighted by Gasteiger charge is 2.19. The van der Waals surface area contributed by atoms with Gasteiger partial charge in [0, 0.05) is 29.8 Å². The molecule has 0 saturated heterocycles. The van der Waals surface area contributed by atoms with Crippen molar-refractivity contribution in [2.24, 2.45) is 0 Å². The Hall–Kier alpha value is -1.87. The average Bonchev–Trinajstić information content (AvgIpc) is 2.86. The van der Waals surface area contributed by atoms with Gasteiger partial charge in [-0.25, -0.2) is 4.39 Å². The Morgan fingerprint density at radius 1 is 1.24 bits per heavy atom. The number of fused-ring (bicyclic) bond motifs is 1. The third kappa shape index (κ3) is 3.24. The predicted octanol–water partition coefficient (Wildman–Crippen LogP) is 3.77. The van der Waals surface area contributed by atoms with E-state index >= 15 is 0 Å². The van der Waals surface area contributed by atoms with Crippen molar-refractivity contribution in [3.63, 3.8) is 0 Å². The van der Waals surface area contributed by atoms with Gasteiger partial charge in [0.25, 0.3) is 0 Å². The Balaban J connectivity index is 1.76. The summed E-state index contributed by atoms with van der Waals surface area (Å²) in [6, 6.07) is 9.76. The largest absolute Gasteiger partial charge is 0.493 e. The second-order valence-electron chi connectivity index (χ2n) is 5.17. The molecule has 0 amide bonds. The van der Waals surface area contributed by atoms with Crippen molar-refractivity contribution in [3.8, 4) is 5.75 Å². The van der Waals surface area contributed by atoms with Crippen LogP contribution in [-0.2, 0) is 24.1 Å². The Kier molecular flexibility index (Phi) is 3.93. The number of carbonyl (C=O) groups excluding carboxylic acids is 1. The second kappa shape index (κ2) is 5.86. The molecule has 2 aromatic rings. The van der Waals surface area contributed by atoms with Crippen molar-refractivity contribution in [2.45, 2.75) is 19.3 Å². The molecule has 0 aromatic heterocycles. The lowest BCUT2D eigenvalue weighted by Crippen LogP contribution is -2.08. The molecule has 1 aliphatic heterocycles. The topological polar surface area (TPSA) is 26.3 Å². The molecule has 4 heteroatoms. The summed E-state index contributed by atoms with van der Waals surface area (Å²) in [6.07, 6.45) is 1.28. The van der Waals surface area contributed by atoms with Gasteiger partial charge >= 0.3 is 0 Å². The second-order valence-corrected chi connectivity index (χ2v) is 5.61. The number of rotatable bonds is 4. The molecule has 1 aliphatic rings. The summed E-state index contributed by atoms with van der Waals surface area (Å²) >= 11 is 6.08. The van der Waals surface area contributed by atoms with Crippen molar-refractivity contribution >= 4 is 17.4 Å². The highest BCUT2D eigenvalue weighted by Crippen LogP contribution is 2.33. The van der Waals surface area contributed by atoms with Crippen LogP contribution < -0.4 is 4.74 Å². The molecule has 0 spiro atoms. The molecular weight excluding hydrogens is 291 g/mol. The molecule has 1 heterocycles. The molecule has 2 aromatic carbocycles. The van der Waals surface area contributed by atoms with Crippen LogP contribution in [0, 0.1) is 5.82 Å². The van der Waals surface area contributed by atoms with Gasteiger partial charge < -0.3 is 4.74 Å². The molecule has 108 valence electrons. The average molecular weight is 305 g/mol. The zero-order chi connectivity index (χ0) is 14.8. The number of carbonyl (C=O) groups is 1. The first-order chi connectivity index (χ1) is 10.1. The van der Waals surface area contributed by atoms with Crippen molar-refractivity contribution in [3.05, 3.63) is 63.9 Å². The number of hydrogen-bond donors (Lipinski definition) is 0. The number of Topliss-reactive ketones (excluding diaryl/α,β-unsaturated/α-hetero) is 1. The van der Waals surface area contributed by atoms with E-state index in [1.165, 1.54) is 12.1 Å². The van der Waals surface area contributed by atoms with E-state index in [2.05, 4.69) is 0 Å². The lowest BCUT2D eigenvalue weighted by atomic mass is 10.00. The van der Waals surface area contributed by atoms with Crippen LogP contribution in [0.15, 0.2) is 36.4 Å². The number of hydrogen-bond acceptors (Lipinski definition) is 2. The van der Waals surface area contributed by atoms with Gasteiger partial charge in [-0.3, -0.25) is 4.79 Å². The molecule has 2 nitrogen and oxygen atoms in total. The fraction of sp³-hybridized carbons (Fsp3) is 0.235. The number of ketones is 1. The van der Waals surface area contributed by atoms with Crippen LogP contribution >= 0.6 is 11.6 Å². The molecule has 0 aliphatic carbocycles. The van der Waals surface area contributed by atoms with E-state index in [1.54, 1.807) is 18.2 Å². The maximum absolute atomic E-state index is 13.1. The molecule has 0 unspecified atom stereocenters. The third-order valence-electron chi connectivity index (χ3n) is 3.50. The minimum absolute atomic E-state index is 0.0144. The van der Waals surface area contributed by atoms with Crippen LogP contribution in [0.5, 0.6) is 5.75 Å². The summed E-state index contributed by atoms with van der Waals surface area (Å²) in [6.45, 7) is 0.626. The summed E-state index contributed by atoms with van der Waals surface area (Å²) in [5, 5.41) is 0.618. The third-order valence-corrected chi connectivity index (χ3v) is 3.72. The summed E-state index contributed by atoms with van der Waals surface area (Å²) in [5.74, 6) is 0.472. The van der Waals surface area contributed by atoms with Crippen molar-refractivity contribution in [1.29, 1.82) is 0 Å². The zero-order valence-electron chi connectivity index (χ0n) is 11.4. The fourth-order valence-corrected chi connectivity index (χ4v) is 2.89. The molecule has 0 N–H and O–H groups in total. The van der Waals surface area contributed by atoms with Gasteiger partial charge in [0.15, 0.2) is 0 Å². The van der Waals surface area contributed by atoms with Gasteiger partial charge in [-0.15, -0.1) is 0 Å². The van der Waals surface area contributed by atoms with Crippen LogP contribution in [0.2, 0.25) is 5.02 Å². The lowest BCUT2D eigenvalue weighted by Gasteiger charge is -2.08. The highest BCUT2D eigenvalue weighted by atomic mass is 35.5. The Morgan fingerprint density at radius 2 is 2.10 bits per heavy atom. The van der Waals surface area contributed by atoms with E-state index in [1.807, 2.05) is 6.07 Å². The van der Waals surface area contributed by atoms with E-state index in [-0.39, 0.29) is 24.4 Å². The number of ether oxygens (including phenoxy) is 1. The van der Waals surface area contributed by atoms with E-state index in [9.17, 15) is 9.18 Å². The van der Waals surface area contributed by atoms with E-state index in [4.69, 9.17) is 16.3 Å². The summed E-state index contributed by atoms with van der Waals surface area (Å²) < 4.78 is 18.7. The number of benzene rings is 2. The van der Waals surface area contributed by atoms with Crippen molar-refractivity contribution in [1.82, 2.24) is 0 Å². The molecule has 0 atom stereocenters. The zero-order valence-corrected chi connectivity index (χ0v) is 12.1. The fourth-order valence-electron chi connectivity index (χ4n) is 2.63. The lowest BCUT2D eigenvalue weighted by molar-refractivity contribution is -0.117. The Bertz CT molecular complexity index is 697. The van der Waals surface area contributed by atoms with E-state index < -0.39 is 0 Å². The quantitative estimate of drug-likeness (QED) is 0.859. The first-order valence-electron chi connectivity index (χ1n) is 6.82. The van der Waals surface area contributed by atoms with Crippen LogP contribution in [0.1, 0.15) is 16.7 Å². The van der Waals surface area contributed by atoms with Crippen LogP contribution in [-0.4, -0.2) is 12.4 Å². The number of halogens is 2. The van der Waals surface area contributed by atoms with Crippen molar-refractivity contribution < 1.29 is 13.9 Å². The minimum Gasteiger partial charge on any atom is -0.493 e. The minimum atomic E-state index is -0.327. The molecule has 0 bridgehead atoms. The molecule has 21 heavy (non-hydrogen) atoms. The van der Waals surface area contributed by atoms with Gasteiger partial charge in [0.1, 0.15) is 17.3 Å². The maximum atomic E-state index is 13.1. The van der Waals surface area contributed by atoms with E-state index in [0.29, 0.717) is 17.2 Å². The van der Waals surface area contributed by atoms with Gasteiger partial charge in [0.05, 0.1) is 6.61 Å². The van der Waals surface area contributed by atoms with E-state index in [0.717, 1.165) is 23.3 Å². The highest BCUT2D eigenvalue weighted by molar-refractivity contribution is 6.30. The van der Waals surface area contributed by atoms with Crippen molar-refractivity contribution in [2.75, 3.05) is 6.61 Å². The van der Waals surface area contributed by atoms with Gasteiger partial charge in [0.2, 0.25) is 0 Å². The SMILES string of the molecule is O=C(Cc1cccc(F)c1)Cc1cc(Cl)cc2c1OCC2. The predicted molar refractivity (Wildman–Crippen MR) is 79.5 cm³/mol. The smallest absolute Gasteiger partial charge is 0.141 e. The Morgan fingerprint density at radius 3 is 2.90 bits per heavy atom. The normalized spacial score (nSPS) is 12.9. The summed E-state index contributed by atoms with van der Waals surface area (Å²) in [4.78, 5) is 12.2. The molecular formula is C17H14ClFO2.